The smallest absolute Gasteiger partial charge is 0.361 e. The van der Waals surface area contributed by atoms with E-state index in [-0.39, 0.29) is 32.2 Å². The van der Waals surface area contributed by atoms with Crippen LogP contribution in [-0.2, 0) is 33.3 Å². The van der Waals surface area contributed by atoms with E-state index in [0.717, 1.165) is 83.5 Å². The van der Waals surface area contributed by atoms with Gasteiger partial charge in [0.1, 0.15) is 13.2 Å². The van der Waals surface area contributed by atoms with Crippen LogP contribution in [0.15, 0.2) is 48.6 Å². The lowest BCUT2D eigenvalue weighted by atomic mass is 10.0. The molecule has 0 saturated heterocycles. The molecule has 0 aliphatic heterocycles. The number of hydrogen-bond donors (Lipinski definition) is 1. The van der Waals surface area contributed by atoms with Crippen LogP contribution in [0.3, 0.4) is 0 Å². The Hall–Kier alpha value is -2.75. The van der Waals surface area contributed by atoms with Crippen molar-refractivity contribution in [3.05, 3.63) is 48.6 Å². The van der Waals surface area contributed by atoms with Crippen molar-refractivity contribution in [3.63, 3.8) is 0 Å². The maximum Gasteiger partial charge on any atom is 0.361 e. The quantitative estimate of drug-likeness (QED) is 0.0212. The van der Waals surface area contributed by atoms with E-state index in [4.69, 9.17) is 18.9 Å². The second-order valence-corrected chi connectivity index (χ2v) is 18.1. The number of aliphatic carboxylic acids is 1. The van der Waals surface area contributed by atoms with E-state index in [9.17, 15) is 19.5 Å². The minimum absolute atomic E-state index is 0.184. The van der Waals surface area contributed by atoms with Crippen LogP contribution in [0.1, 0.15) is 213 Å². The van der Waals surface area contributed by atoms with Gasteiger partial charge in [-0.05, 0) is 51.4 Å². The summed E-state index contributed by atoms with van der Waals surface area (Å²) in [6, 6.07) is 0. The first-order valence-electron chi connectivity index (χ1n) is 25.3. The summed E-state index contributed by atoms with van der Waals surface area (Å²) in [6.07, 6.45) is 50.2. The Kier molecular flexibility index (Phi) is 42.9. The van der Waals surface area contributed by atoms with Crippen LogP contribution in [0.4, 0.5) is 0 Å². The van der Waals surface area contributed by atoms with Gasteiger partial charge in [-0.2, -0.15) is 0 Å². The summed E-state index contributed by atoms with van der Waals surface area (Å²) in [7, 11) is 5.96. The zero-order chi connectivity index (χ0) is 45.6. The molecule has 62 heavy (non-hydrogen) atoms. The van der Waals surface area contributed by atoms with Crippen molar-refractivity contribution < 1.29 is 42.9 Å². The third kappa shape index (κ3) is 45.3. The number of unbranched alkanes of at least 4 members (excludes halogenated alkanes) is 23. The fraction of sp³-hybridized carbons (Fsp3) is 0.792. The molecule has 0 saturated carbocycles. The molecule has 0 fully saturated rings. The van der Waals surface area contributed by atoms with Crippen LogP contribution < -0.4 is 0 Å². The van der Waals surface area contributed by atoms with Crippen LogP contribution in [-0.4, -0.2) is 87.4 Å². The molecule has 0 radical (unpaired) electrons. The Morgan fingerprint density at radius 1 is 0.500 bits per heavy atom. The molecule has 0 aromatic heterocycles. The Morgan fingerprint density at radius 2 is 0.919 bits per heavy atom. The van der Waals surface area contributed by atoms with Gasteiger partial charge < -0.3 is 28.5 Å². The summed E-state index contributed by atoms with van der Waals surface area (Å²) in [4.78, 5) is 37.3. The number of likely N-dealkylation sites (N-methyl/N-ethyl adjacent to an activating group) is 1. The Bertz CT molecular complexity index is 1160. The number of hydrogen-bond acceptors (Lipinski definition) is 7. The Morgan fingerprint density at radius 3 is 1.37 bits per heavy atom. The summed E-state index contributed by atoms with van der Waals surface area (Å²) >= 11 is 0. The Balaban J connectivity index is 4.37. The Labute approximate surface area is 381 Å². The SMILES string of the molecule is CC/C=C\C/C=C\C/C=C\C/C=C\CCCCCCCCC(=O)OC(COC(=O)CCCCCCCCCCCCCCCCCCCC)COC(OCC[N+](C)(C)C)C(=O)O. The lowest BCUT2D eigenvalue weighted by Crippen LogP contribution is -2.40. The molecule has 0 heterocycles. The van der Waals surface area contributed by atoms with Crippen LogP contribution in [0, 0.1) is 0 Å². The highest BCUT2D eigenvalue weighted by atomic mass is 16.7. The number of rotatable bonds is 46. The molecule has 9 heteroatoms. The summed E-state index contributed by atoms with van der Waals surface area (Å²) in [5, 5.41) is 9.66. The molecular weight excluding hydrogens is 779 g/mol. The molecule has 1 N–H and O–H groups in total. The number of ether oxygens (including phenoxy) is 4. The highest BCUT2D eigenvalue weighted by molar-refractivity contribution is 5.71. The normalized spacial score (nSPS) is 13.2. The summed E-state index contributed by atoms with van der Waals surface area (Å²) in [5.41, 5.74) is 0. The number of esters is 2. The highest BCUT2D eigenvalue weighted by Gasteiger charge is 2.25. The lowest BCUT2D eigenvalue weighted by Gasteiger charge is -2.25. The molecule has 0 bridgehead atoms. The van der Waals surface area contributed by atoms with Gasteiger partial charge in [0.15, 0.2) is 6.10 Å². The molecule has 0 rings (SSSR count). The van der Waals surface area contributed by atoms with E-state index in [2.05, 4.69) is 62.5 Å². The third-order valence-electron chi connectivity index (χ3n) is 10.8. The van der Waals surface area contributed by atoms with Gasteiger partial charge in [-0.15, -0.1) is 0 Å². The average Bonchev–Trinajstić information content (AvgIpc) is 3.23. The van der Waals surface area contributed by atoms with Gasteiger partial charge in [-0.25, -0.2) is 4.79 Å². The summed E-state index contributed by atoms with van der Waals surface area (Å²) < 4.78 is 22.8. The molecule has 0 amide bonds. The van der Waals surface area contributed by atoms with Crippen molar-refractivity contribution in [2.75, 3.05) is 47.5 Å². The van der Waals surface area contributed by atoms with Crippen molar-refractivity contribution in [2.45, 2.75) is 225 Å². The van der Waals surface area contributed by atoms with Crippen molar-refractivity contribution >= 4 is 17.9 Å². The van der Waals surface area contributed by atoms with Crippen LogP contribution >= 0.6 is 0 Å². The molecule has 0 aromatic carbocycles. The first kappa shape index (κ1) is 59.2. The second-order valence-electron chi connectivity index (χ2n) is 18.1. The van der Waals surface area contributed by atoms with Gasteiger partial charge in [0.05, 0.1) is 34.4 Å². The number of carbonyl (C=O) groups excluding carboxylic acids is 2. The first-order chi connectivity index (χ1) is 30.1. The van der Waals surface area contributed by atoms with Crippen molar-refractivity contribution in [2.24, 2.45) is 0 Å². The molecule has 0 aliphatic rings. The van der Waals surface area contributed by atoms with Crippen LogP contribution in [0.25, 0.3) is 0 Å². The number of nitrogens with zero attached hydrogens (tertiary/aromatic N) is 1. The summed E-state index contributed by atoms with van der Waals surface area (Å²) in [6.45, 7) is 4.76. The first-order valence-corrected chi connectivity index (χ1v) is 25.3. The van der Waals surface area contributed by atoms with E-state index < -0.39 is 24.3 Å². The maximum absolute atomic E-state index is 12.8. The summed E-state index contributed by atoms with van der Waals surface area (Å²) in [5.74, 6) is -2.02. The number of carboxylic acid groups (broad SMARTS) is 1. The predicted octanol–water partition coefficient (Wildman–Crippen LogP) is 13.9. The fourth-order valence-electron chi connectivity index (χ4n) is 6.95. The third-order valence-corrected chi connectivity index (χ3v) is 10.8. The molecule has 0 spiro atoms. The van der Waals surface area contributed by atoms with E-state index >= 15 is 0 Å². The average molecular weight is 875 g/mol. The predicted molar refractivity (Wildman–Crippen MR) is 258 cm³/mol. The van der Waals surface area contributed by atoms with Crippen LogP contribution in [0.5, 0.6) is 0 Å². The van der Waals surface area contributed by atoms with Gasteiger partial charge in [-0.1, -0.05) is 197 Å². The van der Waals surface area contributed by atoms with Crippen LogP contribution in [0.2, 0.25) is 0 Å². The monoisotopic (exact) mass is 875 g/mol. The zero-order valence-corrected chi connectivity index (χ0v) is 40.8. The number of carbonyl (C=O) groups is 3. The molecule has 2 unspecified atom stereocenters. The van der Waals surface area contributed by atoms with Crippen molar-refractivity contribution in [3.8, 4) is 0 Å². The number of allylic oxidation sites excluding steroid dienone is 8. The zero-order valence-electron chi connectivity index (χ0n) is 40.8. The lowest BCUT2D eigenvalue weighted by molar-refractivity contribution is -0.870. The van der Waals surface area contributed by atoms with E-state index in [1.54, 1.807) is 0 Å². The number of carboxylic acids is 1. The number of quaternary nitrogens is 1. The van der Waals surface area contributed by atoms with E-state index in [1.165, 1.54) is 96.3 Å². The van der Waals surface area contributed by atoms with E-state index in [1.807, 2.05) is 21.1 Å². The topological polar surface area (TPSA) is 108 Å². The molecule has 2 atom stereocenters. The molecule has 0 aliphatic carbocycles. The van der Waals surface area contributed by atoms with Crippen molar-refractivity contribution in [1.82, 2.24) is 0 Å². The minimum atomic E-state index is -1.51. The van der Waals surface area contributed by atoms with Gasteiger partial charge >= 0.3 is 17.9 Å². The molecule has 360 valence electrons. The maximum atomic E-state index is 12.8. The van der Waals surface area contributed by atoms with Crippen molar-refractivity contribution in [1.29, 1.82) is 0 Å². The molecule has 9 nitrogen and oxygen atoms in total. The fourth-order valence-corrected chi connectivity index (χ4v) is 6.95. The van der Waals surface area contributed by atoms with Gasteiger partial charge in [0.25, 0.3) is 6.29 Å². The minimum Gasteiger partial charge on any atom is -0.477 e. The van der Waals surface area contributed by atoms with Gasteiger partial charge in [-0.3, -0.25) is 9.59 Å². The highest BCUT2D eigenvalue weighted by Crippen LogP contribution is 2.16. The van der Waals surface area contributed by atoms with Gasteiger partial charge in [0.2, 0.25) is 0 Å². The standard InChI is InChI=1S/C53H95NO8/c1-6-8-10-12-14-16-18-20-22-24-26-28-30-32-34-36-38-40-42-44-51(56)62-49(48-61-53(52(57)58)59-46-45-54(3,4)5)47-60-50(55)43-41-39-37-35-33-31-29-27-25-23-21-19-17-15-13-11-9-7-2/h8,10,14,16,20,22,26,28,49,53H,6-7,9,11-13,15,17-19,21,23-25,27,29-48H2,1-5H3/p+1/b10-8-,16-14-,22-20-,28-26-. The largest absolute Gasteiger partial charge is 0.477 e. The van der Waals surface area contributed by atoms with Gasteiger partial charge in [0, 0.05) is 12.8 Å². The van der Waals surface area contributed by atoms with E-state index in [0.29, 0.717) is 23.9 Å². The molecule has 0 aromatic rings. The molecular formula is C53H96NO8+. The second kappa shape index (κ2) is 44.8.